The monoisotopic (exact) mass is 333 g/mol. The van der Waals surface area contributed by atoms with E-state index in [1.165, 1.54) is 31.3 Å². The highest BCUT2D eigenvalue weighted by Gasteiger charge is 2.33. The predicted molar refractivity (Wildman–Crippen MR) is 78.6 cm³/mol. The second kappa shape index (κ2) is 6.01. The zero-order valence-corrected chi connectivity index (χ0v) is 13.2. The number of sulfonamides is 2. The molecule has 0 radical (unpaired) electrons. The second-order valence-corrected chi connectivity index (χ2v) is 8.58. The first-order valence-corrected chi connectivity index (χ1v) is 9.53. The molecule has 2 rings (SSSR count). The van der Waals surface area contributed by atoms with Gasteiger partial charge in [0.05, 0.1) is 9.79 Å². The van der Waals surface area contributed by atoms with Crippen LogP contribution in [-0.4, -0.2) is 36.5 Å². The number of nitrogens with one attached hydrogen (secondary N) is 2. The first kappa shape index (κ1) is 16.4. The molecule has 1 aliphatic rings. The SMILES string of the molecule is CNS(=O)(=O)c1ccc(S(=O)(=O)NC(CN)C2CC2)cc1. The molecule has 0 saturated heterocycles. The van der Waals surface area contributed by atoms with Gasteiger partial charge < -0.3 is 5.73 Å². The summed E-state index contributed by atoms with van der Waals surface area (Å²) in [6.45, 7) is 0.246. The van der Waals surface area contributed by atoms with Crippen molar-refractivity contribution in [1.29, 1.82) is 0 Å². The molecular formula is C12H19N3O4S2. The fraction of sp³-hybridized carbons (Fsp3) is 0.500. The molecule has 7 nitrogen and oxygen atoms in total. The van der Waals surface area contributed by atoms with E-state index in [0.29, 0.717) is 5.92 Å². The minimum atomic E-state index is -3.69. The smallest absolute Gasteiger partial charge is 0.240 e. The van der Waals surface area contributed by atoms with Gasteiger partial charge in [-0.15, -0.1) is 0 Å². The van der Waals surface area contributed by atoms with Crippen molar-refractivity contribution in [1.82, 2.24) is 9.44 Å². The molecule has 0 aromatic heterocycles. The molecule has 118 valence electrons. The van der Waals surface area contributed by atoms with E-state index in [-0.39, 0.29) is 22.4 Å². The third-order valence-electron chi connectivity index (χ3n) is 3.46. The van der Waals surface area contributed by atoms with E-state index in [9.17, 15) is 16.8 Å². The summed E-state index contributed by atoms with van der Waals surface area (Å²) >= 11 is 0. The number of hydrogen-bond acceptors (Lipinski definition) is 5. The molecule has 1 saturated carbocycles. The van der Waals surface area contributed by atoms with Gasteiger partial charge in [0.2, 0.25) is 20.0 Å². The van der Waals surface area contributed by atoms with Crippen LogP contribution < -0.4 is 15.2 Å². The van der Waals surface area contributed by atoms with Crippen molar-refractivity contribution in [3.8, 4) is 0 Å². The van der Waals surface area contributed by atoms with Crippen LogP contribution in [0.4, 0.5) is 0 Å². The Morgan fingerprint density at radius 2 is 1.57 bits per heavy atom. The van der Waals surface area contributed by atoms with Crippen molar-refractivity contribution in [3.05, 3.63) is 24.3 Å². The van der Waals surface area contributed by atoms with Crippen LogP contribution in [0.15, 0.2) is 34.1 Å². The highest BCUT2D eigenvalue weighted by atomic mass is 32.2. The number of rotatable bonds is 7. The Hall–Kier alpha value is -1.00. The lowest BCUT2D eigenvalue weighted by atomic mass is 10.2. The van der Waals surface area contributed by atoms with E-state index in [1.807, 2.05) is 0 Å². The molecule has 1 fully saturated rings. The van der Waals surface area contributed by atoms with Crippen molar-refractivity contribution in [2.45, 2.75) is 28.7 Å². The fourth-order valence-corrected chi connectivity index (χ4v) is 4.07. The van der Waals surface area contributed by atoms with Crippen LogP contribution in [0.5, 0.6) is 0 Å². The first-order valence-electron chi connectivity index (χ1n) is 6.56. The molecule has 0 aliphatic heterocycles. The Labute approximate surface area is 125 Å². The first-order chi connectivity index (χ1) is 9.80. The maximum absolute atomic E-state index is 12.2. The van der Waals surface area contributed by atoms with E-state index in [4.69, 9.17) is 5.73 Å². The molecule has 1 aromatic carbocycles. The van der Waals surface area contributed by atoms with Gasteiger partial charge in [-0.25, -0.2) is 26.3 Å². The Bertz CT molecular complexity index is 695. The summed E-state index contributed by atoms with van der Waals surface area (Å²) in [6, 6.07) is 4.79. The molecule has 0 bridgehead atoms. The van der Waals surface area contributed by atoms with Crippen molar-refractivity contribution in [2.75, 3.05) is 13.6 Å². The summed E-state index contributed by atoms with van der Waals surface area (Å²) in [7, 11) is -5.97. The summed E-state index contributed by atoms with van der Waals surface area (Å²) in [5.74, 6) is 0.300. The van der Waals surface area contributed by atoms with E-state index in [1.54, 1.807) is 0 Å². The summed E-state index contributed by atoms with van der Waals surface area (Å²) in [5.41, 5.74) is 5.58. The van der Waals surface area contributed by atoms with E-state index >= 15 is 0 Å². The van der Waals surface area contributed by atoms with Crippen LogP contribution >= 0.6 is 0 Å². The maximum Gasteiger partial charge on any atom is 0.240 e. The molecule has 1 atom stereocenters. The molecule has 0 spiro atoms. The minimum absolute atomic E-state index is 0.0153. The zero-order chi connectivity index (χ0) is 15.7. The minimum Gasteiger partial charge on any atom is -0.329 e. The van der Waals surface area contributed by atoms with Gasteiger partial charge in [0.15, 0.2) is 0 Å². The van der Waals surface area contributed by atoms with E-state index in [0.717, 1.165) is 12.8 Å². The van der Waals surface area contributed by atoms with Gasteiger partial charge in [0, 0.05) is 12.6 Å². The molecule has 1 aromatic rings. The Balaban J connectivity index is 2.20. The van der Waals surface area contributed by atoms with E-state index in [2.05, 4.69) is 9.44 Å². The van der Waals surface area contributed by atoms with Gasteiger partial charge in [0.1, 0.15) is 0 Å². The molecule has 0 heterocycles. The summed E-state index contributed by atoms with van der Waals surface area (Å²) in [6.07, 6.45) is 1.95. The van der Waals surface area contributed by atoms with Gasteiger partial charge in [-0.2, -0.15) is 0 Å². The van der Waals surface area contributed by atoms with Crippen LogP contribution in [0, 0.1) is 5.92 Å². The lowest BCUT2D eigenvalue weighted by Crippen LogP contribution is -2.41. The van der Waals surface area contributed by atoms with Crippen LogP contribution in [0.2, 0.25) is 0 Å². The van der Waals surface area contributed by atoms with Gasteiger partial charge >= 0.3 is 0 Å². The average molecular weight is 333 g/mol. The van der Waals surface area contributed by atoms with Crippen molar-refractivity contribution >= 4 is 20.0 Å². The van der Waals surface area contributed by atoms with Crippen molar-refractivity contribution < 1.29 is 16.8 Å². The molecule has 4 N–H and O–H groups in total. The van der Waals surface area contributed by atoms with Crippen LogP contribution in [-0.2, 0) is 20.0 Å². The summed E-state index contributed by atoms with van der Waals surface area (Å²) in [4.78, 5) is 0.0400. The Morgan fingerprint density at radius 3 is 1.95 bits per heavy atom. The topological polar surface area (TPSA) is 118 Å². The number of nitrogens with two attached hydrogens (primary N) is 1. The lowest BCUT2D eigenvalue weighted by Gasteiger charge is -2.16. The average Bonchev–Trinajstić information content (AvgIpc) is 3.29. The fourth-order valence-electron chi connectivity index (χ4n) is 2.02. The third-order valence-corrected chi connectivity index (χ3v) is 6.40. The van der Waals surface area contributed by atoms with Gasteiger partial charge in [-0.05, 0) is 50.1 Å². The number of hydrogen-bond donors (Lipinski definition) is 3. The predicted octanol–water partition coefficient (Wildman–Crippen LogP) is -0.390. The molecule has 0 amide bonds. The molecule has 9 heteroatoms. The summed E-state index contributed by atoms with van der Waals surface area (Å²) in [5, 5.41) is 0. The van der Waals surface area contributed by atoms with E-state index < -0.39 is 20.0 Å². The lowest BCUT2D eigenvalue weighted by molar-refractivity contribution is 0.519. The normalized spacial score (nSPS) is 17.6. The van der Waals surface area contributed by atoms with Gasteiger partial charge in [0.25, 0.3) is 0 Å². The highest BCUT2D eigenvalue weighted by molar-refractivity contribution is 7.90. The Morgan fingerprint density at radius 1 is 1.10 bits per heavy atom. The number of benzene rings is 1. The highest BCUT2D eigenvalue weighted by Crippen LogP contribution is 2.32. The van der Waals surface area contributed by atoms with Gasteiger partial charge in [-0.3, -0.25) is 0 Å². The molecular weight excluding hydrogens is 314 g/mol. The standard InChI is InChI=1S/C12H19N3O4S2/c1-14-20(16,17)10-4-6-11(7-5-10)21(18,19)15-12(8-13)9-2-3-9/h4-7,9,12,14-15H,2-3,8,13H2,1H3. The zero-order valence-electron chi connectivity index (χ0n) is 11.6. The molecule has 1 unspecified atom stereocenters. The second-order valence-electron chi connectivity index (χ2n) is 4.98. The maximum atomic E-state index is 12.2. The van der Waals surface area contributed by atoms with Crippen LogP contribution in [0.3, 0.4) is 0 Å². The largest absolute Gasteiger partial charge is 0.329 e. The quantitative estimate of drug-likeness (QED) is 0.628. The Kier molecular flexibility index (Phi) is 4.69. The van der Waals surface area contributed by atoms with Crippen LogP contribution in [0.1, 0.15) is 12.8 Å². The van der Waals surface area contributed by atoms with Crippen molar-refractivity contribution in [2.24, 2.45) is 11.7 Å². The molecule has 21 heavy (non-hydrogen) atoms. The van der Waals surface area contributed by atoms with Crippen molar-refractivity contribution in [3.63, 3.8) is 0 Å². The molecule has 1 aliphatic carbocycles. The third kappa shape index (κ3) is 3.80. The van der Waals surface area contributed by atoms with Gasteiger partial charge in [-0.1, -0.05) is 0 Å². The van der Waals surface area contributed by atoms with Crippen LogP contribution in [0.25, 0.3) is 0 Å². The summed E-state index contributed by atoms with van der Waals surface area (Å²) < 4.78 is 52.4.